The van der Waals surface area contributed by atoms with Crippen molar-refractivity contribution in [2.45, 2.75) is 31.9 Å². The summed E-state index contributed by atoms with van der Waals surface area (Å²) in [6.45, 7) is 1.18. The van der Waals surface area contributed by atoms with Gasteiger partial charge in [0.05, 0.1) is 42.8 Å². The van der Waals surface area contributed by atoms with Gasteiger partial charge in [-0.15, -0.1) is 0 Å². The zero-order valence-corrected chi connectivity index (χ0v) is 22.7. The lowest BCUT2D eigenvalue weighted by Gasteiger charge is -2.33. The molecular formula is C28H30F4N6O3. The van der Waals surface area contributed by atoms with Gasteiger partial charge < -0.3 is 30.6 Å². The fourth-order valence-electron chi connectivity index (χ4n) is 4.67. The zero-order valence-electron chi connectivity index (χ0n) is 22.7. The van der Waals surface area contributed by atoms with Crippen LogP contribution in [-0.4, -0.2) is 73.5 Å². The molecule has 0 radical (unpaired) electrons. The largest absolute Gasteiger partial charge is 0.495 e. The van der Waals surface area contributed by atoms with Crippen LogP contribution in [0.5, 0.6) is 5.75 Å². The number of fused-ring (bicyclic) bond motifs is 1. The third-order valence-electron chi connectivity index (χ3n) is 6.71. The molecule has 13 heteroatoms. The number of piperidine rings is 1. The van der Waals surface area contributed by atoms with Crippen LogP contribution in [0.25, 0.3) is 11.0 Å². The van der Waals surface area contributed by atoms with E-state index in [4.69, 9.17) is 4.74 Å². The van der Waals surface area contributed by atoms with Gasteiger partial charge in [-0.2, -0.15) is 13.2 Å². The van der Waals surface area contributed by atoms with Gasteiger partial charge in [-0.25, -0.2) is 9.37 Å². The molecule has 3 atom stereocenters. The van der Waals surface area contributed by atoms with Gasteiger partial charge in [-0.1, -0.05) is 18.8 Å². The first-order valence-corrected chi connectivity index (χ1v) is 12.8. The van der Waals surface area contributed by atoms with Gasteiger partial charge in [0, 0.05) is 24.7 Å². The monoisotopic (exact) mass is 574 g/mol. The number of benzene rings is 2. The number of amides is 2. The molecule has 2 amide bonds. The minimum atomic E-state index is -4.52. The van der Waals surface area contributed by atoms with E-state index in [0.29, 0.717) is 23.5 Å². The van der Waals surface area contributed by atoms with E-state index in [1.807, 2.05) is 0 Å². The Morgan fingerprint density at radius 2 is 1.98 bits per heavy atom. The lowest BCUT2D eigenvalue weighted by atomic mass is 9.93. The Kier molecular flexibility index (Phi) is 9.02. The van der Waals surface area contributed by atoms with Crippen molar-refractivity contribution < 1.29 is 31.9 Å². The van der Waals surface area contributed by atoms with Crippen molar-refractivity contribution in [3.05, 3.63) is 53.3 Å². The molecule has 218 valence electrons. The molecule has 41 heavy (non-hydrogen) atoms. The van der Waals surface area contributed by atoms with Crippen LogP contribution in [-0.2, 0) is 6.54 Å². The molecule has 1 aliphatic heterocycles. The summed E-state index contributed by atoms with van der Waals surface area (Å²) in [6.07, 6.45) is -4.82. The van der Waals surface area contributed by atoms with Gasteiger partial charge >= 0.3 is 6.18 Å². The Bertz CT molecular complexity index is 1480. The van der Waals surface area contributed by atoms with Crippen molar-refractivity contribution in [1.82, 2.24) is 25.5 Å². The number of ether oxygens (including phenoxy) is 1. The second-order valence-electron chi connectivity index (χ2n) is 9.68. The van der Waals surface area contributed by atoms with Crippen LogP contribution in [0.3, 0.4) is 0 Å². The molecule has 0 spiro atoms. The number of alkyl halides is 4. The molecule has 9 nitrogen and oxygen atoms in total. The lowest BCUT2D eigenvalue weighted by molar-refractivity contribution is -0.139. The van der Waals surface area contributed by atoms with Crippen LogP contribution in [0.2, 0.25) is 0 Å². The van der Waals surface area contributed by atoms with E-state index in [1.54, 1.807) is 25.1 Å². The Morgan fingerprint density at radius 3 is 2.66 bits per heavy atom. The van der Waals surface area contributed by atoms with Crippen LogP contribution in [0, 0.1) is 17.8 Å². The molecule has 0 aliphatic carbocycles. The predicted octanol–water partition coefficient (Wildman–Crippen LogP) is 3.11. The van der Waals surface area contributed by atoms with Crippen LogP contribution in [0.4, 0.5) is 23.2 Å². The molecule has 0 bridgehead atoms. The number of anilines is 1. The first-order valence-electron chi connectivity index (χ1n) is 12.8. The highest BCUT2D eigenvalue weighted by Gasteiger charge is 2.33. The number of hydrogen-bond donors (Lipinski definition) is 4. The Balaban J connectivity index is 1.64. The second-order valence-corrected chi connectivity index (χ2v) is 9.68. The Labute approximate surface area is 234 Å². The van der Waals surface area contributed by atoms with E-state index >= 15 is 0 Å². The molecule has 1 aliphatic rings. The predicted molar refractivity (Wildman–Crippen MR) is 146 cm³/mol. The summed E-state index contributed by atoms with van der Waals surface area (Å²) >= 11 is 0. The van der Waals surface area contributed by atoms with Crippen LogP contribution >= 0.6 is 0 Å². The summed E-state index contributed by atoms with van der Waals surface area (Å²) in [4.78, 5) is 29.3. The maximum atomic E-state index is 14.6. The molecule has 1 fully saturated rings. The van der Waals surface area contributed by atoms with Gasteiger partial charge in [-0.3, -0.25) is 9.59 Å². The van der Waals surface area contributed by atoms with Gasteiger partial charge in [0.15, 0.2) is 0 Å². The SMILES string of the molecule is CNC(=O)c1ccc(OC)c(NCC#Cc2cc(C(=O)NC3C(C)CNCC3F)c3ncn(CC(F)(F)F)c3c2)c1. The molecule has 2 heterocycles. The van der Waals surface area contributed by atoms with Crippen molar-refractivity contribution in [3.63, 3.8) is 0 Å². The normalized spacial score (nSPS) is 18.8. The van der Waals surface area contributed by atoms with Crippen LogP contribution in [0.15, 0.2) is 36.7 Å². The third kappa shape index (κ3) is 7.07. The fraction of sp³-hybridized carbons (Fsp3) is 0.393. The standard InChI is InChI=1S/C28H30F4N6O3/c1-16-12-34-13-20(29)24(16)37-27(40)19-9-17(10-22-25(19)36-15-38(22)14-28(30,31)32)5-4-8-35-21-11-18(26(39)33-2)6-7-23(21)41-3/h6-7,9-11,15-16,20,24,34-35H,8,12-14H2,1-3H3,(H,33,39)(H,37,40). The summed E-state index contributed by atoms with van der Waals surface area (Å²) in [7, 11) is 2.99. The summed E-state index contributed by atoms with van der Waals surface area (Å²) in [6, 6.07) is 6.93. The fourth-order valence-corrected chi connectivity index (χ4v) is 4.67. The molecule has 3 aromatic rings. The van der Waals surface area contributed by atoms with E-state index in [-0.39, 0.29) is 47.1 Å². The van der Waals surface area contributed by atoms with Crippen LogP contribution < -0.4 is 26.0 Å². The molecule has 1 saturated heterocycles. The minimum Gasteiger partial charge on any atom is -0.495 e. The van der Waals surface area contributed by atoms with Crippen LogP contribution in [0.1, 0.15) is 33.2 Å². The van der Waals surface area contributed by atoms with Crippen molar-refractivity contribution >= 4 is 28.5 Å². The van der Waals surface area contributed by atoms with Gasteiger partial charge in [-0.05, 0) is 42.8 Å². The molecule has 1 aromatic heterocycles. The van der Waals surface area contributed by atoms with Gasteiger partial charge in [0.1, 0.15) is 24.0 Å². The summed E-state index contributed by atoms with van der Waals surface area (Å²) in [5, 5.41) is 11.2. The molecule has 0 saturated carbocycles. The maximum absolute atomic E-state index is 14.6. The number of nitrogens with zero attached hydrogens (tertiary/aromatic N) is 2. The number of hydrogen-bond acceptors (Lipinski definition) is 6. The number of rotatable bonds is 7. The number of aromatic nitrogens is 2. The number of carbonyl (C=O) groups excluding carboxylic acids is 2. The summed E-state index contributed by atoms with van der Waals surface area (Å²) in [5.41, 5.74) is 1.32. The van der Waals surface area contributed by atoms with Crippen molar-refractivity contribution in [3.8, 4) is 17.6 Å². The maximum Gasteiger partial charge on any atom is 0.406 e. The number of imidazole rings is 1. The number of methoxy groups -OCH3 is 1. The number of halogens is 4. The molecule has 4 rings (SSSR count). The average Bonchev–Trinajstić information content (AvgIpc) is 3.32. The van der Waals surface area contributed by atoms with Gasteiger partial charge in [0.2, 0.25) is 0 Å². The first kappa shape index (κ1) is 29.7. The lowest BCUT2D eigenvalue weighted by Crippen LogP contribution is -2.55. The molecule has 4 N–H and O–H groups in total. The first-order chi connectivity index (χ1) is 19.5. The molecule has 2 aromatic carbocycles. The van der Waals surface area contributed by atoms with E-state index in [1.165, 1.54) is 26.3 Å². The van der Waals surface area contributed by atoms with Crippen molar-refractivity contribution in [2.24, 2.45) is 5.92 Å². The smallest absolute Gasteiger partial charge is 0.406 e. The van der Waals surface area contributed by atoms with Crippen molar-refractivity contribution in [2.75, 3.05) is 39.1 Å². The minimum absolute atomic E-state index is 0.00133. The highest BCUT2D eigenvalue weighted by Crippen LogP contribution is 2.27. The Hall–Kier alpha value is -4.31. The van der Waals surface area contributed by atoms with Crippen molar-refractivity contribution in [1.29, 1.82) is 0 Å². The van der Waals surface area contributed by atoms with Gasteiger partial charge in [0.25, 0.3) is 11.8 Å². The quantitative estimate of drug-likeness (QED) is 0.255. The zero-order chi connectivity index (χ0) is 29.7. The second kappa shape index (κ2) is 12.5. The summed E-state index contributed by atoms with van der Waals surface area (Å²) < 4.78 is 60.5. The van der Waals surface area contributed by atoms with E-state index in [9.17, 15) is 27.2 Å². The molecule has 3 unspecified atom stereocenters. The number of nitrogens with one attached hydrogen (secondary N) is 4. The Morgan fingerprint density at radius 1 is 1.20 bits per heavy atom. The average molecular weight is 575 g/mol. The van der Waals surface area contributed by atoms with E-state index in [0.717, 1.165) is 10.9 Å². The summed E-state index contributed by atoms with van der Waals surface area (Å²) in [5.74, 6) is 5.10. The number of carbonyl (C=O) groups is 2. The highest BCUT2D eigenvalue weighted by atomic mass is 19.4. The van der Waals surface area contributed by atoms with E-state index < -0.39 is 30.8 Å². The molecular weight excluding hydrogens is 544 g/mol. The third-order valence-corrected chi connectivity index (χ3v) is 6.71. The topological polar surface area (TPSA) is 109 Å². The van der Waals surface area contributed by atoms with E-state index in [2.05, 4.69) is 38.1 Å². The highest BCUT2D eigenvalue weighted by molar-refractivity contribution is 6.05.